The number of para-hydroxylation sites is 1. The zero-order chi connectivity index (χ0) is 22.0. The third-order valence-corrected chi connectivity index (χ3v) is 4.98. The second kappa shape index (κ2) is 8.45. The number of ether oxygens (including phenoxy) is 1. The van der Waals surface area contributed by atoms with Gasteiger partial charge in [-0.3, -0.25) is 9.59 Å². The Bertz CT molecular complexity index is 1200. The lowest BCUT2D eigenvalue weighted by Gasteiger charge is -2.14. The van der Waals surface area contributed by atoms with Crippen LogP contribution in [0.2, 0.25) is 0 Å². The Hall–Kier alpha value is -3.90. The van der Waals surface area contributed by atoms with Crippen LogP contribution in [-0.2, 0) is 9.59 Å². The highest BCUT2D eigenvalue weighted by Gasteiger charge is 2.38. The molecule has 0 unspecified atom stereocenters. The van der Waals surface area contributed by atoms with Crippen molar-refractivity contribution in [3.05, 3.63) is 101 Å². The van der Waals surface area contributed by atoms with Crippen LogP contribution < -0.4 is 15.0 Å². The molecule has 0 atom stereocenters. The van der Waals surface area contributed by atoms with Crippen molar-refractivity contribution in [2.75, 3.05) is 10.2 Å². The molecule has 3 aromatic rings. The van der Waals surface area contributed by atoms with Gasteiger partial charge in [0, 0.05) is 5.69 Å². The molecule has 7 heteroatoms. The molecule has 0 bridgehead atoms. The van der Waals surface area contributed by atoms with Crippen molar-refractivity contribution in [1.29, 1.82) is 0 Å². The van der Waals surface area contributed by atoms with Crippen LogP contribution >= 0.6 is 11.6 Å². The summed E-state index contributed by atoms with van der Waals surface area (Å²) in [5.74, 6) is -1.19. The van der Waals surface area contributed by atoms with Crippen molar-refractivity contribution in [1.82, 2.24) is 0 Å². The first-order valence-electron chi connectivity index (χ1n) is 9.43. The van der Waals surface area contributed by atoms with E-state index in [2.05, 4.69) is 5.32 Å². The predicted octanol–water partition coefficient (Wildman–Crippen LogP) is 4.65. The van der Waals surface area contributed by atoms with Crippen molar-refractivity contribution in [3.63, 3.8) is 0 Å². The first kappa shape index (κ1) is 20.4. The van der Waals surface area contributed by atoms with Crippen LogP contribution in [0.15, 0.2) is 89.6 Å². The van der Waals surface area contributed by atoms with Gasteiger partial charge in [-0.25, -0.2) is 9.69 Å². The zero-order valence-corrected chi connectivity index (χ0v) is 17.2. The molecular formula is C24H17ClN2O4. The minimum absolute atomic E-state index is 0.0226. The van der Waals surface area contributed by atoms with Gasteiger partial charge in [0.2, 0.25) is 0 Å². The second-order valence-electron chi connectivity index (χ2n) is 6.88. The number of carbonyl (C=O) groups is 3. The number of hydrogen-bond acceptors (Lipinski definition) is 5. The number of nitrogens with zero attached hydrogens (tertiary/aromatic N) is 1. The number of carbonyl (C=O) groups excluding carboxylic acids is 3. The van der Waals surface area contributed by atoms with Gasteiger partial charge in [0.05, 0.1) is 11.3 Å². The number of benzene rings is 3. The molecule has 4 rings (SSSR count). The Balaban J connectivity index is 1.48. The average Bonchev–Trinajstić information content (AvgIpc) is 2.98. The normalized spacial score (nSPS) is 13.5. The van der Waals surface area contributed by atoms with E-state index in [0.717, 1.165) is 10.5 Å². The molecular weight excluding hydrogens is 416 g/mol. The molecule has 0 fully saturated rings. The van der Waals surface area contributed by atoms with Gasteiger partial charge in [-0.15, -0.1) is 0 Å². The highest BCUT2D eigenvalue weighted by Crippen LogP contribution is 2.30. The van der Waals surface area contributed by atoms with Crippen molar-refractivity contribution in [2.24, 2.45) is 0 Å². The topological polar surface area (TPSA) is 75.7 Å². The second-order valence-corrected chi connectivity index (χ2v) is 7.26. The average molecular weight is 433 g/mol. The highest BCUT2D eigenvalue weighted by molar-refractivity contribution is 6.53. The van der Waals surface area contributed by atoms with Crippen LogP contribution in [0.5, 0.6) is 5.75 Å². The Morgan fingerprint density at radius 1 is 0.903 bits per heavy atom. The Morgan fingerprint density at radius 2 is 1.61 bits per heavy atom. The third kappa shape index (κ3) is 4.20. The van der Waals surface area contributed by atoms with Crippen molar-refractivity contribution in [3.8, 4) is 5.75 Å². The van der Waals surface area contributed by atoms with Gasteiger partial charge >= 0.3 is 5.97 Å². The summed E-state index contributed by atoms with van der Waals surface area (Å²) in [5.41, 5.74) is 2.23. The molecule has 2 amide bonds. The summed E-state index contributed by atoms with van der Waals surface area (Å²) in [5, 5.41) is 2.68. The van der Waals surface area contributed by atoms with E-state index in [4.69, 9.17) is 16.3 Å². The van der Waals surface area contributed by atoms with Gasteiger partial charge in [0.25, 0.3) is 11.8 Å². The molecule has 0 saturated heterocycles. The van der Waals surface area contributed by atoms with E-state index in [0.29, 0.717) is 22.7 Å². The molecule has 0 aliphatic carbocycles. The first-order chi connectivity index (χ1) is 14.9. The largest absolute Gasteiger partial charge is 0.423 e. The van der Waals surface area contributed by atoms with Crippen molar-refractivity contribution in [2.45, 2.75) is 6.92 Å². The van der Waals surface area contributed by atoms with Crippen LogP contribution in [0.25, 0.3) is 0 Å². The number of aryl methyl sites for hydroxylation is 1. The molecule has 31 heavy (non-hydrogen) atoms. The van der Waals surface area contributed by atoms with E-state index in [9.17, 15) is 14.4 Å². The smallest absolute Gasteiger partial charge is 0.343 e. The Kier molecular flexibility index (Phi) is 5.56. The number of rotatable bonds is 5. The van der Waals surface area contributed by atoms with Gasteiger partial charge < -0.3 is 10.1 Å². The Morgan fingerprint density at radius 3 is 2.29 bits per heavy atom. The molecule has 1 N–H and O–H groups in total. The maximum absolute atomic E-state index is 12.8. The number of hydrogen-bond donors (Lipinski definition) is 1. The fraction of sp³-hybridized carbons (Fsp3) is 0.0417. The highest BCUT2D eigenvalue weighted by atomic mass is 35.5. The predicted molar refractivity (Wildman–Crippen MR) is 118 cm³/mol. The van der Waals surface area contributed by atoms with Crippen LogP contribution in [0, 0.1) is 6.92 Å². The summed E-state index contributed by atoms with van der Waals surface area (Å²) in [6, 6.07) is 22.1. The molecule has 0 radical (unpaired) electrons. The van der Waals surface area contributed by atoms with Gasteiger partial charge in [0.15, 0.2) is 0 Å². The minimum atomic E-state index is -0.598. The third-order valence-electron chi connectivity index (χ3n) is 4.63. The molecule has 1 heterocycles. The maximum Gasteiger partial charge on any atom is 0.343 e. The van der Waals surface area contributed by atoms with E-state index in [1.807, 2.05) is 13.0 Å². The molecule has 1 aliphatic rings. The summed E-state index contributed by atoms with van der Waals surface area (Å²) in [7, 11) is 0. The van der Waals surface area contributed by atoms with Crippen molar-refractivity contribution < 1.29 is 19.1 Å². The number of halogens is 1. The van der Waals surface area contributed by atoms with Gasteiger partial charge in [-0.2, -0.15) is 0 Å². The molecule has 0 spiro atoms. The SMILES string of the molecule is Cc1cccc(OC(=O)c2ccc(NC3=C(Cl)C(=O)N(c4ccccc4)C3=O)cc2)c1. The summed E-state index contributed by atoms with van der Waals surface area (Å²) in [6.07, 6.45) is 0. The van der Waals surface area contributed by atoms with Crippen LogP contribution in [0.4, 0.5) is 11.4 Å². The van der Waals surface area contributed by atoms with E-state index in [-0.39, 0.29) is 10.7 Å². The fourth-order valence-corrected chi connectivity index (χ4v) is 3.31. The van der Waals surface area contributed by atoms with Gasteiger partial charge in [-0.1, -0.05) is 41.9 Å². The quantitative estimate of drug-likeness (QED) is 0.361. The van der Waals surface area contributed by atoms with E-state index in [1.54, 1.807) is 72.8 Å². The number of anilines is 2. The summed E-state index contributed by atoms with van der Waals surface area (Å²) in [4.78, 5) is 38.6. The lowest BCUT2D eigenvalue weighted by atomic mass is 10.2. The fourth-order valence-electron chi connectivity index (χ4n) is 3.10. The van der Waals surface area contributed by atoms with E-state index < -0.39 is 17.8 Å². The summed E-state index contributed by atoms with van der Waals surface area (Å²) in [6.45, 7) is 1.91. The van der Waals surface area contributed by atoms with Gasteiger partial charge in [-0.05, 0) is 61.0 Å². The lowest BCUT2D eigenvalue weighted by molar-refractivity contribution is -0.120. The standard InChI is InChI=1S/C24H17ClN2O4/c1-15-6-5-9-19(14-15)31-24(30)16-10-12-17(13-11-16)26-21-20(25)22(28)27(23(21)29)18-7-3-2-4-8-18/h2-14,26H,1H3. The monoisotopic (exact) mass is 432 g/mol. The summed E-state index contributed by atoms with van der Waals surface area (Å²) >= 11 is 6.13. The molecule has 0 aromatic heterocycles. The van der Waals surface area contributed by atoms with E-state index in [1.165, 1.54) is 0 Å². The number of nitrogens with one attached hydrogen (secondary N) is 1. The summed E-state index contributed by atoms with van der Waals surface area (Å²) < 4.78 is 5.37. The minimum Gasteiger partial charge on any atom is -0.423 e. The van der Waals surface area contributed by atoms with Crippen LogP contribution in [0.3, 0.4) is 0 Å². The molecule has 6 nitrogen and oxygen atoms in total. The first-order valence-corrected chi connectivity index (χ1v) is 9.81. The zero-order valence-electron chi connectivity index (χ0n) is 16.5. The molecule has 1 aliphatic heterocycles. The van der Waals surface area contributed by atoms with E-state index >= 15 is 0 Å². The van der Waals surface area contributed by atoms with Crippen molar-refractivity contribution >= 4 is 40.8 Å². The molecule has 0 saturated carbocycles. The molecule has 154 valence electrons. The van der Waals surface area contributed by atoms with Gasteiger partial charge in [0.1, 0.15) is 16.5 Å². The number of esters is 1. The number of imide groups is 1. The maximum atomic E-state index is 12.8. The lowest BCUT2D eigenvalue weighted by Crippen LogP contribution is -2.32. The van der Waals surface area contributed by atoms with Crippen LogP contribution in [-0.4, -0.2) is 17.8 Å². The van der Waals surface area contributed by atoms with Crippen LogP contribution in [0.1, 0.15) is 15.9 Å². The Labute approximate surface area is 183 Å². The molecule has 3 aromatic carbocycles. The number of amides is 2.